The van der Waals surface area contributed by atoms with Crippen molar-refractivity contribution in [2.24, 2.45) is 0 Å². The average Bonchev–Trinajstić information content (AvgIpc) is 3.38. The van der Waals surface area contributed by atoms with Crippen LogP contribution in [-0.2, 0) is 23.9 Å². The van der Waals surface area contributed by atoms with Gasteiger partial charge < -0.3 is 33.5 Å². The van der Waals surface area contributed by atoms with Crippen LogP contribution in [0.15, 0.2) is 66.7 Å². The number of benzene rings is 3. The molecule has 2 atom stereocenters. The second-order valence-corrected chi connectivity index (χ2v) is 8.79. The van der Waals surface area contributed by atoms with Crippen LogP contribution >= 0.6 is 0 Å². The second kappa shape index (κ2) is 12.7. The maximum Gasteiger partial charge on any atom is 0.336 e. The summed E-state index contributed by atoms with van der Waals surface area (Å²) in [5.74, 6) is -1.35. The van der Waals surface area contributed by atoms with Gasteiger partial charge in [-0.1, -0.05) is 18.2 Å². The summed E-state index contributed by atoms with van der Waals surface area (Å²) in [4.78, 5) is 37.1. The van der Waals surface area contributed by atoms with Crippen LogP contribution in [0.25, 0.3) is 12.2 Å². The summed E-state index contributed by atoms with van der Waals surface area (Å²) in [6.45, 7) is 0. The lowest BCUT2D eigenvalue weighted by molar-refractivity contribution is -0.144. The number of phenols is 1. The molecule has 1 heterocycles. The molecule has 0 saturated heterocycles. The second-order valence-electron chi connectivity index (χ2n) is 8.79. The maximum atomic E-state index is 13.0. The molecule has 0 amide bonds. The fourth-order valence-electron chi connectivity index (χ4n) is 4.32. The van der Waals surface area contributed by atoms with Crippen molar-refractivity contribution in [1.29, 1.82) is 0 Å². The number of fused-ring (bicyclic) bond motifs is 1. The van der Waals surface area contributed by atoms with E-state index in [2.05, 4.69) is 4.74 Å². The van der Waals surface area contributed by atoms with Crippen molar-refractivity contribution >= 4 is 30.1 Å². The Labute approximate surface area is 236 Å². The lowest BCUT2D eigenvalue weighted by Gasteiger charge is -2.19. The molecule has 0 radical (unpaired) electrons. The van der Waals surface area contributed by atoms with Gasteiger partial charge in [-0.15, -0.1) is 0 Å². The van der Waals surface area contributed by atoms with Crippen LogP contribution in [0.5, 0.6) is 28.7 Å². The van der Waals surface area contributed by atoms with Crippen LogP contribution in [0.2, 0.25) is 0 Å². The lowest BCUT2D eigenvalue weighted by atomic mass is 9.90. The highest BCUT2D eigenvalue weighted by Crippen LogP contribution is 2.52. The number of carbonyl (C=O) groups is 3. The van der Waals surface area contributed by atoms with Crippen molar-refractivity contribution in [3.8, 4) is 28.7 Å². The minimum absolute atomic E-state index is 0.118. The van der Waals surface area contributed by atoms with E-state index in [9.17, 15) is 19.5 Å². The first-order valence-electron chi connectivity index (χ1n) is 12.4. The van der Waals surface area contributed by atoms with Crippen molar-refractivity contribution in [1.82, 2.24) is 0 Å². The zero-order chi connectivity index (χ0) is 29.5. The van der Waals surface area contributed by atoms with Gasteiger partial charge in [0.2, 0.25) is 0 Å². The molecule has 0 unspecified atom stereocenters. The SMILES string of the molecule is COC(=O)/C=C/c1cc(OC)c2c(c1)[C@@H](C(=O)OC)[C@H](c1ccc(OC(=O)/C=C/c3ccc(O)cc3)c(OC)c1)O2. The third-order valence-electron chi connectivity index (χ3n) is 6.31. The largest absolute Gasteiger partial charge is 0.508 e. The van der Waals surface area contributed by atoms with Crippen LogP contribution in [0.3, 0.4) is 0 Å². The van der Waals surface area contributed by atoms with E-state index in [1.807, 2.05) is 0 Å². The Balaban J connectivity index is 1.63. The molecule has 3 aromatic rings. The zero-order valence-corrected chi connectivity index (χ0v) is 22.8. The molecule has 0 saturated carbocycles. The topological polar surface area (TPSA) is 127 Å². The van der Waals surface area contributed by atoms with E-state index in [1.165, 1.54) is 52.7 Å². The van der Waals surface area contributed by atoms with Gasteiger partial charge in [0.15, 0.2) is 23.0 Å². The molecule has 1 aliphatic rings. The third kappa shape index (κ3) is 6.50. The first-order valence-corrected chi connectivity index (χ1v) is 12.4. The molecular formula is C31H28O10. The standard InChI is InChI=1S/C31H28O10/c1-36-24-17-20(9-12-23(24)40-27(34)14-7-18-5-10-21(32)11-6-18)29-28(31(35)39-4)22-15-19(8-13-26(33)38-3)16-25(37-2)30(22)41-29/h5-17,28-29,32H,1-4H3/b13-8+,14-7+/t28-,29+/m1/s1. The van der Waals surface area contributed by atoms with Gasteiger partial charge in [-0.2, -0.15) is 0 Å². The molecule has 0 aliphatic carbocycles. The fourth-order valence-corrected chi connectivity index (χ4v) is 4.32. The van der Waals surface area contributed by atoms with Gasteiger partial charge in [-0.3, -0.25) is 4.79 Å². The van der Waals surface area contributed by atoms with E-state index >= 15 is 0 Å². The first kappa shape index (κ1) is 28.8. The molecule has 10 nitrogen and oxygen atoms in total. The molecule has 1 N–H and O–H groups in total. The maximum absolute atomic E-state index is 13.0. The van der Waals surface area contributed by atoms with Crippen molar-refractivity contribution in [2.75, 3.05) is 28.4 Å². The van der Waals surface area contributed by atoms with Gasteiger partial charge >= 0.3 is 17.9 Å². The number of hydrogen-bond acceptors (Lipinski definition) is 10. The number of aromatic hydroxyl groups is 1. The van der Waals surface area contributed by atoms with E-state index in [4.69, 9.17) is 23.7 Å². The molecule has 212 valence electrons. The summed E-state index contributed by atoms with van der Waals surface area (Å²) in [6.07, 6.45) is 4.78. The molecule has 0 aromatic heterocycles. The summed E-state index contributed by atoms with van der Waals surface area (Å²) in [7, 11) is 5.45. The minimum Gasteiger partial charge on any atom is -0.508 e. The van der Waals surface area contributed by atoms with Gasteiger partial charge in [0.25, 0.3) is 0 Å². The van der Waals surface area contributed by atoms with E-state index in [-0.39, 0.29) is 17.2 Å². The van der Waals surface area contributed by atoms with Gasteiger partial charge in [-0.05, 0) is 65.2 Å². The quantitative estimate of drug-likeness (QED) is 0.225. The average molecular weight is 561 g/mol. The summed E-state index contributed by atoms with van der Waals surface area (Å²) in [5.41, 5.74) is 2.36. The molecule has 0 spiro atoms. The molecule has 10 heteroatoms. The summed E-state index contributed by atoms with van der Waals surface area (Å²) in [6, 6.07) is 14.5. The first-order chi connectivity index (χ1) is 19.8. The third-order valence-corrected chi connectivity index (χ3v) is 6.31. The summed E-state index contributed by atoms with van der Waals surface area (Å²) < 4.78 is 32.4. The molecule has 3 aromatic carbocycles. The number of ether oxygens (including phenoxy) is 6. The molecule has 41 heavy (non-hydrogen) atoms. The smallest absolute Gasteiger partial charge is 0.336 e. The van der Waals surface area contributed by atoms with Crippen molar-refractivity contribution in [3.63, 3.8) is 0 Å². The van der Waals surface area contributed by atoms with Crippen LogP contribution in [0.4, 0.5) is 0 Å². The van der Waals surface area contributed by atoms with Crippen molar-refractivity contribution < 1.29 is 47.9 Å². The Bertz CT molecular complexity index is 1500. The van der Waals surface area contributed by atoms with Gasteiger partial charge in [0.1, 0.15) is 17.8 Å². The lowest BCUT2D eigenvalue weighted by Crippen LogP contribution is -2.20. The predicted octanol–water partition coefficient (Wildman–Crippen LogP) is 4.60. The highest BCUT2D eigenvalue weighted by atomic mass is 16.6. The van der Waals surface area contributed by atoms with Crippen molar-refractivity contribution in [3.05, 3.63) is 89.0 Å². The Kier molecular flexibility index (Phi) is 8.93. The molecular weight excluding hydrogens is 532 g/mol. The Morgan fingerprint density at radius 2 is 1.44 bits per heavy atom. The Morgan fingerprint density at radius 1 is 0.756 bits per heavy atom. The highest BCUT2D eigenvalue weighted by molar-refractivity contribution is 5.89. The summed E-state index contributed by atoms with van der Waals surface area (Å²) >= 11 is 0. The monoisotopic (exact) mass is 560 g/mol. The number of hydrogen-bond donors (Lipinski definition) is 1. The molecule has 1 aliphatic heterocycles. The van der Waals surface area contributed by atoms with Crippen LogP contribution in [0.1, 0.15) is 34.3 Å². The van der Waals surface area contributed by atoms with Crippen molar-refractivity contribution in [2.45, 2.75) is 12.0 Å². The van der Waals surface area contributed by atoms with Gasteiger partial charge in [0.05, 0.1) is 28.4 Å². The molecule has 0 fully saturated rings. The van der Waals surface area contributed by atoms with Gasteiger partial charge in [0, 0.05) is 17.7 Å². The highest BCUT2D eigenvalue weighted by Gasteiger charge is 2.43. The Hall–Kier alpha value is -5.25. The number of phenolic OH excluding ortho intramolecular Hbond substituents is 1. The van der Waals surface area contributed by atoms with Gasteiger partial charge in [-0.25, -0.2) is 9.59 Å². The normalized spacial score (nSPS) is 15.7. The number of carbonyl (C=O) groups excluding carboxylic acids is 3. The van der Waals surface area contributed by atoms with E-state index < -0.39 is 29.9 Å². The zero-order valence-electron chi connectivity index (χ0n) is 22.8. The molecule has 4 rings (SSSR count). The minimum atomic E-state index is -0.873. The molecule has 0 bridgehead atoms. The fraction of sp³-hybridized carbons (Fsp3) is 0.194. The van der Waals surface area contributed by atoms with Crippen LogP contribution in [0, 0.1) is 0 Å². The Morgan fingerprint density at radius 3 is 2.10 bits per heavy atom. The van der Waals surface area contributed by atoms with Crippen LogP contribution in [-0.4, -0.2) is 51.5 Å². The van der Waals surface area contributed by atoms with E-state index in [0.29, 0.717) is 33.8 Å². The number of esters is 3. The predicted molar refractivity (Wildman–Crippen MR) is 148 cm³/mol. The van der Waals surface area contributed by atoms with E-state index in [0.717, 1.165) is 0 Å². The van der Waals surface area contributed by atoms with E-state index in [1.54, 1.807) is 54.6 Å². The van der Waals surface area contributed by atoms with Crippen LogP contribution < -0.4 is 18.9 Å². The number of methoxy groups -OCH3 is 4. The number of rotatable bonds is 9. The summed E-state index contributed by atoms with van der Waals surface area (Å²) in [5, 5.41) is 9.40.